The van der Waals surface area contributed by atoms with Gasteiger partial charge < -0.3 is 5.73 Å². The second-order valence-corrected chi connectivity index (χ2v) is 5.19. The highest BCUT2D eigenvalue weighted by Gasteiger charge is 2.10. The minimum absolute atomic E-state index is 0.686. The van der Waals surface area contributed by atoms with Gasteiger partial charge in [-0.05, 0) is 24.0 Å². The van der Waals surface area contributed by atoms with Crippen LogP contribution < -0.4 is 5.73 Å². The number of nitrogens with two attached hydrogens (primary N) is 1. The minimum Gasteiger partial charge on any atom is -0.375 e. The quantitative estimate of drug-likeness (QED) is 0.897. The first-order valence-electron chi connectivity index (χ1n) is 6.05. The zero-order chi connectivity index (χ0) is 12.3. The zero-order valence-corrected chi connectivity index (χ0v) is 11.2. The number of anilines is 1. The van der Waals surface area contributed by atoms with Crippen molar-refractivity contribution in [3.05, 3.63) is 46.0 Å². The predicted octanol–water partition coefficient (Wildman–Crippen LogP) is 3.44. The Morgan fingerprint density at radius 2 is 1.82 bits per heavy atom. The van der Waals surface area contributed by atoms with Crippen molar-refractivity contribution < 1.29 is 0 Å². The van der Waals surface area contributed by atoms with Crippen molar-refractivity contribution in [2.45, 2.75) is 33.1 Å². The highest BCUT2D eigenvalue weighted by atomic mass is 32.1. The van der Waals surface area contributed by atoms with Gasteiger partial charge in [0.2, 0.25) is 0 Å². The molecule has 0 spiro atoms. The average molecular weight is 246 g/mol. The number of hydrogen-bond donors (Lipinski definition) is 1. The monoisotopic (exact) mass is 246 g/mol. The second-order valence-electron chi connectivity index (χ2n) is 4.07. The highest BCUT2D eigenvalue weighted by molar-refractivity contribution is 7.15. The van der Waals surface area contributed by atoms with Crippen LogP contribution in [0.5, 0.6) is 0 Å². The molecule has 2 rings (SSSR count). The van der Waals surface area contributed by atoms with E-state index in [1.54, 1.807) is 11.3 Å². The van der Waals surface area contributed by atoms with Gasteiger partial charge >= 0.3 is 0 Å². The summed E-state index contributed by atoms with van der Waals surface area (Å²) in [6, 6.07) is 8.61. The van der Waals surface area contributed by atoms with E-state index in [1.165, 1.54) is 16.0 Å². The standard InChI is InChI=1S/C14H18N2S/c1-3-10-7-5-6-8-11(10)9-13-12(4-2)16-14(15)17-13/h5-8H,3-4,9H2,1-2H3,(H2,15,16). The Labute approximate surface area is 107 Å². The largest absolute Gasteiger partial charge is 0.375 e. The normalized spacial score (nSPS) is 10.7. The molecule has 1 aromatic carbocycles. The van der Waals surface area contributed by atoms with Crippen LogP contribution in [0.3, 0.4) is 0 Å². The lowest BCUT2D eigenvalue weighted by atomic mass is 10.0. The Bertz CT molecular complexity index is 503. The predicted molar refractivity (Wildman–Crippen MR) is 74.5 cm³/mol. The molecular weight excluding hydrogens is 228 g/mol. The van der Waals surface area contributed by atoms with Crippen LogP contribution in [-0.2, 0) is 19.3 Å². The number of aryl methyl sites for hydroxylation is 2. The van der Waals surface area contributed by atoms with Crippen LogP contribution in [0.1, 0.15) is 35.5 Å². The summed E-state index contributed by atoms with van der Waals surface area (Å²) in [6.45, 7) is 4.32. The molecule has 0 atom stereocenters. The van der Waals surface area contributed by atoms with Crippen LogP contribution in [-0.4, -0.2) is 4.98 Å². The van der Waals surface area contributed by atoms with E-state index in [1.807, 2.05) is 0 Å². The van der Waals surface area contributed by atoms with E-state index in [2.05, 4.69) is 43.1 Å². The van der Waals surface area contributed by atoms with E-state index in [0.29, 0.717) is 5.13 Å². The van der Waals surface area contributed by atoms with E-state index in [4.69, 9.17) is 5.73 Å². The van der Waals surface area contributed by atoms with E-state index in [9.17, 15) is 0 Å². The summed E-state index contributed by atoms with van der Waals surface area (Å²) in [5, 5.41) is 0.686. The van der Waals surface area contributed by atoms with Crippen LogP contribution in [0.4, 0.5) is 5.13 Å². The lowest BCUT2D eigenvalue weighted by Gasteiger charge is -2.06. The summed E-state index contributed by atoms with van der Waals surface area (Å²) >= 11 is 1.62. The molecule has 0 aliphatic rings. The van der Waals surface area contributed by atoms with Crippen molar-refractivity contribution in [1.29, 1.82) is 0 Å². The first-order chi connectivity index (χ1) is 8.24. The van der Waals surface area contributed by atoms with Crippen LogP contribution in [0, 0.1) is 0 Å². The van der Waals surface area contributed by atoms with E-state index in [0.717, 1.165) is 25.0 Å². The Balaban J connectivity index is 2.30. The van der Waals surface area contributed by atoms with Gasteiger partial charge in [0, 0.05) is 11.3 Å². The highest BCUT2D eigenvalue weighted by Crippen LogP contribution is 2.25. The van der Waals surface area contributed by atoms with Crippen molar-refractivity contribution in [2.24, 2.45) is 0 Å². The van der Waals surface area contributed by atoms with Gasteiger partial charge in [-0.1, -0.05) is 38.1 Å². The van der Waals surface area contributed by atoms with Crippen molar-refractivity contribution >= 4 is 16.5 Å². The molecule has 0 saturated carbocycles. The average Bonchev–Trinajstić information content (AvgIpc) is 2.70. The van der Waals surface area contributed by atoms with Crippen LogP contribution >= 0.6 is 11.3 Å². The number of hydrogen-bond acceptors (Lipinski definition) is 3. The number of rotatable bonds is 4. The molecule has 2 N–H and O–H groups in total. The summed E-state index contributed by atoms with van der Waals surface area (Å²) in [7, 11) is 0. The van der Waals surface area contributed by atoms with Crippen molar-refractivity contribution in [3.8, 4) is 0 Å². The van der Waals surface area contributed by atoms with E-state index in [-0.39, 0.29) is 0 Å². The second kappa shape index (κ2) is 5.32. The van der Waals surface area contributed by atoms with Crippen LogP contribution in [0.2, 0.25) is 0 Å². The van der Waals surface area contributed by atoms with Gasteiger partial charge in [0.05, 0.1) is 5.69 Å². The topological polar surface area (TPSA) is 38.9 Å². The maximum absolute atomic E-state index is 5.79. The summed E-state index contributed by atoms with van der Waals surface area (Å²) < 4.78 is 0. The molecule has 2 aromatic rings. The molecule has 0 unspecified atom stereocenters. The van der Waals surface area contributed by atoms with E-state index >= 15 is 0 Å². The molecule has 2 nitrogen and oxygen atoms in total. The number of thiazole rings is 1. The smallest absolute Gasteiger partial charge is 0.180 e. The molecule has 0 bridgehead atoms. The molecule has 3 heteroatoms. The van der Waals surface area contributed by atoms with Crippen molar-refractivity contribution in [2.75, 3.05) is 5.73 Å². The fraction of sp³-hybridized carbons (Fsp3) is 0.357. The fourth-order valence-electron chi connectivity index (χ4n) is 2.07. The minimum atomic E-state index is 0.686. The van der Waals surface area contributed by atoms with Crippen LogP contribution in [0.25, 0.3) is 0 Å². The molecule has 0 aliphatic carbocycles. The molecule has 1 heterocycles. The maximum atomic E-state index is 5.79. The van der Waals surface area contributed by atoms with Gasteiger partial charge in [-0.15, -0.1) is 11.3 Å². The lowest BCUT2D eigenvalue weighted by Crippen LogP contribution is -1.95. The Hall–Kier alpha value is -1.35. The first kappa shape index (κ1) is 12.1. The molecule has 0 aliphatic heterocycles. The molecule has 0 amide bonds. The van der Waals surface area contributed by atoms with Crippen molar-refractivity contribution in [1.82, 2.24) is 4.98 Å². The SMILES string of the molecule is CCc1ccccc1Cc1sc(N)nc1CC. The Kier molecular flexibility index (Phi) is 3.79. The van der Waals surface area contributed by atoms with Crippen molar-refractivity contribution in [3.63, 3.8) is 0 Å². The van der Waals surface area contributed by atoms with Gasteiger partial charge in [0.15, 0.2) is 5.13 Å². The van der Waals surface area contributed by atoms with E-state index < -0.39 is 0 Å². The summed E-state index contributed by atoms with van der Waals surface area (Å²) in [6.07, 6.45) is 2.99. The molecule has 0 radical (unpaired) electrons. The summed E-state index contributed by atoms with van der Waals surface area (Å²) in [4.78, 5) is 5.69. The zero-order valence-electron chi connectivity index (χ0n) is 10.4. The number of nitrogen functional groups attached to an aromatic ring is 1. The maximum Gasteiger partial charge on any atom is 0.180 e. The molecular formula is C14H18N2S. The molecule has 1 aromatic heterocycles. The van der Waals surface area contributed by atoms with Gasteiger partial charge in [-0.25, -0.2) is 4.98 Å². The molecule has 90 valence electrons. The number of benzene rings is 1. The summed E-state index contributed by atoms with van der Waals surface area (Å²) in [5.74, 6) is 0. The summed E-state index contributed by atoms with van der Waals surface area (Å²) in [5.41, 5.74) is 9.75. The third-order valence-corrected chi connectivity index (χ3v) is 3.91. The first-order valence-corrected chi connectivity index (χ1v) is 6.87. The third-order valence-electron chi connectivity index (χ3n) is 2.98. The van der Waals surface area contributed by atoms with Gasteiger partial charge in [-0.3, -0.25) is 0 Å². The lowest BCUT2D eigenvalue weighted by molar-refractivity contribution is 1.01. The number of nitrogens with zero attached hydrogens (tertiary/aromatic N) is 1. The Morgan fingerprint density at radius 3 is 2.47 bits per heavy atom. The molecule has 17 heavy (non-hydrogen) atoms. The Morgan fingerprint density at radius 1 is 1.12 bits per heavy atom. The van der Waals surface area contributed by atoms with Crippen LogP contribution in [0.15, 0.2) is 24.3 Å². The molecule has 0 fully saturated rings. The van der Waals surface area contributed by atoms with Gasteiger partial charge in [0.25, 0.3) is 0 Å². The van der Waals surface area contributed by atoms with Gasteiger partial charge in [0.1, 0.15) is 0 Å². The molecule has 0 saturated heterocycles. The fourth-order valence-corrected chi connectivity index (χ4v) is 3.01. The van der Waals surface area contributed by atoms with Gasteiger partial charge in [-0.2, -0.15) is 0 Å². The third kappa shape index (κ3) is 2.67. The number of aromatic nitrogens is 1.